The summed E-state index contributed by atoms with van der Waals surface area (Å²) >= 11 is 0. The summed E-state index contributed by atoms with van der Waals surface area (Å²) in [6.07, 6.45) is 4.72. The number of piperazine rings is 1. The molecule has 0 saturated carbocycles. The molecule has 2 aromatic rings. The van der Waals surface area contributed by atoms with Crippen LogP contribution < -0.4 is 5.32 Å². The molecule has 0 aliphatic carbocycles. The van der Waals surface area contributed by atoms with E-state index in [4.69, 9.17) is 0 Å². The Bertz CT molecular complexity index is 841. The number of methoxy groups -OCH3 is 1. The Kier molecular flexibility index (Phi) is 4.43. The number of H-pyrrole nitrogens is 1. The highest BCUT2D eigenvalue weighted by Gasteiger charge is 2.37. The number of nitrogens with one attached hydrogen (secondary N) is 2. The Morgan fingerprint density at radius 3 is 2.92 bits per heavy atom. The van der Waals surface area contributed by atoms with Gasteiger partial charge >= 0.3 is 5.97 Å². The fourth-order valence-corrected chi connectivity index (χ4v) is 4.36. The van der Waals surface area contributed by atoms with Crippen LogP contribution in [0.5, 0.6) is 0 Å². The van der Waals surface area contributed by atoms with E-state index in [-0.39, 0.29) is 10.6 Å². The van der Waals surface area contributed by atoms with Gasteiger partial charge in [-0.3, -0.25) is 0 Å². The van der Waals surface area contributed by atoms with Crippen molar-refractivity contribution in [2.45, 2.75) is 10.9 Å². The minimum atomic E-state index is -3.77. The molecule has 1 fully saturated rings. The van der Waals surface area contributed by atoms with E-state index in [2.05, 4.69) is 20.0 Å². The molecule has 2 N–H and O–H groups in total. The average molecular weight is 353 g/mol. The SMILES string of the molecule is COC(=O)c1cc(S(=O)(=O)N2CCNCC2c2nccn2C)c[nH]1. The smallest absolute Gasteiger partial charge is 0.354 e. The van der Waals surface area contributed by atoms with Crippen LogP contribution in [0.3, 0.4) is 0 Å². The van der Waals surface area contributed by atoms with Gasteiger partial charge in [0.05, 0.1) is 13.2 Å². The average Bonchev–Trinajstić information content (AvgIpc) is 3.23. The summed E-state index contributed by atoms with van der Waals surface area (Å²) in [6.45, 7) is 1.34. The normalized spacial score (nSPS) is 19.3. The van der Waals surface area contributed by atoms with E-state index in [0.29, 0.717) is 25.5 Å². The Labute approximate surface area is 139 Å². The zero-order valence-electron chi connectivity index (χ0n) is 13.4. The van der Waals surface area contributed by atoms with Gasteiger partial charge in [0.25, 0.3) is 0 Å². The molecule has 1 aliphatic heterocycles. The molecular formula is C14H19N5O4S. The van der Waals surface area contributed by atoms with Gasteiger partial charge in [0.2, 0.25) is 10.0 Å². The topological polar surface area (TPSA) is 109 Å². The largest absolute Gasteiger partial charge is 0.464 e. The number of aryl methyl sites for hydroxylation is 1. The number of ether oxygens (including phenoxy) is 1. The Morgan fingerprint density at radius 1 is 1.46 bits per heavy atom. The molecular weight excluding hydrogens is 334 g/mol. The minimum absolute atomic E-state index is 0.0315. The van der Waals surface area contributed by atoms with E-state index in [1.54, 1.807) is 17.0 Å². The van der Waals surface area contributed by atoms with Crippen molar-refractivity contribution in [1.82, 2.24) is 24.2 Å². The van der Waals surface area contributed by atoms with Crippen LogP contribution >= 0.6 is 0 Å². The molecule has 2 aromatic heterocycles. The predicted octanol–water partition coefficient (Wildman–Crippen LogP) is -0.130. The molecule has 9 nitrogen and oxygen atoms in total. The van der Waals surface area contributed by atoms with Gasteiger partial charge in [0.15, 0.2) is 0 Å². The van der Waals surface area contributed by atoms with Crippen molar-refractivity contribution in [2.24, 2.45) is 7.05 Å². The molecule has 0 aromatic carbocycles. The number of imidazole rings is 1. The molecule has 1 saturated heterocycles. The lowest BCUT2D eigenvalue weighted by Crippen LogP contribution is -2.49. The van der Waals surface area contributed by atoms with Crippen molar-refractivity contribution in [3.8, 4) is 0 Å². The Balaban J connectivity index is 1.96. The zero-order chi connectivity index (χ0) is 17.3. The number of esters is 1. The number of carbonyl (C=O) groups excluding carboxylic acids is 1. The van der Waals surface area contributed by atoms with Crippen LogP contribution in [0.25, 0.3) is 0 Å². The van der Waals surface area contributed by atoms with Crippen molar-refractivity contribution in [1.29, 1.82) is 0 Å². The lowest BCUT2D eigenvalue weighted by Gasteiger charge is -2.34. The molecule has 0 amide bonds. The molecule has 0 bridgehead atoms. The van der Waals surface area contributed by atoms with Gasteiger partial charge in [-0.2, -0.15) is 4.31 Å². The van der Waals surface area contributed by atoms with Crippen LogP contribution in [0.15, 0.2) is 29.6 Å². The maximum Gasteiger partial charge on any atom is 0.354 e. The highest BCUT2D eigenvalue weighted by Crippen LogP contribution is 2.28. The molecule has 1 atom stereocenters. The summed E-state index contributed by atoms with van der Waals surface area (Å²) in [5, 5.41) is 3.20. The van der Waals surface area contributed by atoms with E-state index in [1.807, 2.05) is 7.05 Å². The number of rotatable bonds is 4. The second-order valence-corrected chi connectivity index (χ2v) is 7.36. The van der Waals surface area contributed by atoms with Crippen LogP contribution in [0.2, 0.25) is 0 Å². The first-order valence-corrected chi connectivity index (χ1v) is 8.85. The highest BCUT2D eigenvalue weighted by molar-refractivity contribution is 7.89. The fourth-order valence-electron chi connectivity index (χ4n) is 2.78. The fraction of sp³-hybridized carbons (Fsp3) is 0.429. The summed E-state index contributed by atoms with van der Waals surface area (Å²) in [5.74, 6) is 0.0481. The molecule has 24 heavy (non-hydrogen) atoms. The van der Waals surface area contributed by atoms with Crippen LogP contribution in [0.1, 0.15) is 22.4 Å². The second kappa shape index (κ2) is 6.38. The first-order valence-electron chi connectivity index (χ1n) is 7.41. The third-order valence-electron chi connectivity index (χ3n) is 4.02. The summed E-state index contributed by atoms with van der Waals surface area (Å²) in [5.41, 5.74) is 0.0970. The van der Waals surface area contributed by atoms with Gasteiger partial charge < -0.3 is 19.6 Å². The van der Waals surface area contributed by atoms with Gasteiger partial charge in [-0.15, -0.1) is 0 Å². The lowest BCUT2D eigenvalue weighted by atomic mass is 10.2. The van der Waals surface area contributed by atoms with Crippen LogP contribution in [0, 0.1) is 0 Å². The van der Waals surface area contributed by atoms with Crippen molar-refractivity contribution >= 4 is 16.0 Å². The first-order chi connectivity index (χ1) is 11.4. The zero-order valence-corrected chi connectivity index (χ0v) is 14.2. The number of aromatic amines is 1. The van der Waals surface area contributed by atoms with E-state index in [9.17, 15) is 13.2 Å². The minimum Gasteiger partial charge on any atom is -0.464 e. The summed E-state index contributed by atoms with van der Waals surface area (Å²) in [4.78, 5) is 18.5. The van der Waals surface area contributed by atoms with Gasteiger partial charge in [-0.1, -0.05) is 0 Å². The van der Waals surface area contributed by atoms with Crippen molar-refractivity contribution in [3.05, 3.63) is 36.2 Å². The number of sulfonamides is 1. The van der Waals surface area contributed by atoms with Gasteiger partial charge in [0, 0.05) is 45.3 Å². The molecule has 3 rings (SSSR count). The highest BCUT2D eigenvalue weighted by atomic mass is 32.2. The Hall–Kier alpha value is -2.17. The number of aromatic nitrogens is 3. The van der Waals surface area contributed by atoms with Crippen molar-refractivity contribution in [3.63, 3.8) is 0 Å². The van der Waals surface area contributed by atoms with E-state index >= 15 is 0 Å². The van der Waals surface area contributed by atoms with Gasteiger partial charge in [-0.25, -0.2) is 18.2 Å². The quantitative estimate of drug-likeness (QED) is 0.741. The molecule has 130 valence electrons. The summed E-state index contributed by atoms with van der Waals surface area (Å²) in [7, 11) is -0.706. The van der Waals surface area contributed by atoms with Crippen molar-refractivity contribution < 1.29 is 17.9 Å². The van der Waals surface area contributed by atoms with Crippen LogP contribution in [0.4, 0.5) is 0 Å². The molecule has 1 unspecified atom stereocenters. The van der Waals surface area contributed by atoms with Crippen molar-refractivity contribution in [2.75, 3.05) is 26.7 Å². The molecule has 10 heteroatoms. The molecule has 0 radical (unpaired) electrons. The monoisotopic (exact) mass is 353 g/mol. The third-order valence-corrected chi connectivity index (χ3v) is 5.91. The summed E-state index contributed by atoms with van der Waals surface area (Å²) < 4.78 is 33.9. The van der Waals surface area contributed by atoms with Gasteiger partial charge in [0.1, 0.15) is 16.4 Å². The predicted molar refractivity (Wildman–Crippen MR) is 84.8 cm³/mol. The van der Waals surface area contributed by atoms with E-state index in [0.717, 1.165) is 0 Å². The van der Waals surface area contributed by atoms with E-state index in [1.165, 1.54) is 23.7 Å². The van der Waals surface area contributed by atoms with Gasteiger partial charge in [-0.05, 0) is 6.07 Å². The third kappa shape index (κ3) is 2.83. The maximum absolute atomic E-state index is 13.0. The lowest BCUT2D eigenvalue weighted by molar-refractivity contribution is 0.0594. The Morgan fingerprint density at radius 2 is 2.25 bits per heavy atom. The summed E-state index contributed by atoms with van der Waals surface area (Å²) in [6, 6.07) is 0.874. The number of hydrogen-bond acceptors (Lipinski definition) is 6. The number of carbonyl (C=O) groups is 1. The van der Waals surface area contributed by atoms with E-state index < -0.39 is 22.0 Å². The molecule has 0 spiro atoms. The molecule has 1 aliphatic rings. The standard InChI is InChI=1S/C14H19N5O4S/c1-18-5-4-16-13(18)12-9-15-3-6-19(12)24(21,22)10-7-11(17-8-10)14(20)23-2/h4-5,7-8,12,15,17H,3,6,9H2,1-2H3. The van der Waals surface area contributed by atoms with Crippen LogP contribution in [-0.2, 0) is 21.8 Å². The second-order valence-electron chi connectivity index (χ2n) is 5.47. The number of nitrogens with zero attached hydrogens (tertiary/aromatic N) is 3. The first kappa shape index (κ1) is 16.7. The maximum atomic E-state index is 13.0. The number of hydrogen-bond donors (Lipinski definition) is 2. The molecule has 3 heterocycles. The van der Waals surface area contributed by atoms with Crippen LogP contribution in [-0.4, -0.2) is 60.0 Å².